The highest BCUT2D eigenvalue weighted by atomic mass is 16.5. The van der Waals surface area contributed by atoms with E-state index in [1.54, 1.807) is 0 Å². The van der Waals surface area contributed by atoms with Crippen molar-refractivity contribution in [3.05, 3.63) is 138 Å². The number of likely N-dealkylation sites (tertiary alicyclic amines) is 1. The smallest absolute Gasteiger partial charge is 0.247 e. The molecule has 3 aromatic carbocycles. The number of aromatic nitrogens is 5. The van der Waals surface area contributed by atoms with Gasteiger partial charge in [0.15, 0.2) is 0 Å². The number of aromatic amines is 2. The predicted octanol–water partition coefficient (Wildman–Crippen LogP) is 8.36. The molecule has 0 radical (unpaired) electrons. The van der Waals surface area contributed by atoms with E-state index in [-0.39, 0.29) is 29.9 Å². The van der Waals surface area contributed by atoms with E-state index in [0.29, 0.717) is 13.2 Å². The maximum absolute atomic E-state index is 14.7. The van der Waals surface area contributed by atoms with Crippen molar-refractivity contribution < 1.29 is 14.3 Å². The SMILES string of the molecule is CN(C)[C@@H](C(=O)N1CCC[C@H]1c1ncc(-c2ccc(-c3ccc(-c4cnc([C@@H]5COC6(CCCCC6)N5C(=O)[C@@H](c5ccccc5)N(C)C)[nH]4)cn3)cc2)[nH]1)c1ccccc1. The number of carbonyl (C=O) groups excluding carboxylic acids is 2. The van der Waals surface area contributed by atoms with E-state index in [9.17, 15) is 9.59 Å². The number of ether oxygens (including phenoxy) is 1. The van der Waals surface area contributed by atoms with E-state index in [1.165, 1.54) is 0 Å². The third-order valence-electron chi connectivity index (χ3n) is 12.8. The van der Waals surface area contributed by atoms with Crippen molar-refractivity contribution >= 4 is 11.8 Å². The first-order valence-electron chi connectivity index (χ1n) is 21.6. The van der Waals surface area contributed by atoms with Gasteiger partial charge in [0, 0.05) is 23.9 Å². The zero-order valence-electron chi connectivity index (χ0n) is 35.5. The molecule has 12 heteroatoms. The van der Waals surface area contributed by atoms with Crippen molar-refractivity contribution in [2.24, 2.45) is 0 Å². The summed E-state index contributed by atoms with van der Waals surface area (Å²) in [6.45, 7) is 1.10. The first-order chi connectivity index (χ1) is 29.7. The molecular formula is C49H55N9O3. The van der Waals surface area contributed by atoms with Crippen LogP contribution in [-0.4, -0.2) is 103 Å². The van der Waals surface area contributed by atoms with Crippen LogP contribution in [-0.2, 0) is 14.3 Å². The van der Waals surface area contributed by atoms with Gasteiger partial charge in [-0.2, -0.15) is 0 Å². The van der Waals surface area contributed by atoms with E-state index in [4.69, 9.17) is 19.7 Å². The lowest BCUT2D eigenvalue weighted by molar-refractivity contribution is -0.162. The summed E-state index contributed by atoms with van der Waals surface area (Å²) >= 11 is 0. The number of hydrogen-bond acceptors (Lipinski definition) is 8. The van der Waals surface area contributed by atoms with Crippen molar-refractivity contribution in [1.29, 1.82) is 0 Å². The zero-order valence-corrected chi connectivity index (χ0v) is 35.5. The summed E-state index contributed by atoms with van der Waals surface area (Å²) in [5.41, 5.74) is 6.82. The van der Waals surface area contributed by atoms with Gasteiger partial charge in [-0.1, -0.05) is 91.3 Å². The predicted molar refractivity (Wildman–Crippen MR) is 236 cm³/mol. The standard InChI is InChI=1S/C49H55N9O3/c1-55(2)43(35-15-8-5-9-16-35)47(59)57-28-14-19-41(57)45-51-30-39(53-45)34-22-20-33(21-23-34)38-25-24-37(29-50-38)40-31-52-46(54-40)42-32-61-49(26-12-7-13-27-49)58(42)48(60)44(56(3)4)36-17-10-6-11-18-36/h5-6,8-11,15-18,20-25,29-31,41-44H,7,12-14,19,26-28,32H2,1-4H3,(H,51,53)(H,52,54)/t41-,42-,43+,44+/m0/s1. The molecule has 314 valence electrons. The molecule has 2 saturated heterocycles. The van der Waals surface area contributed by atoms with Gasteiger partial charge < -0.3 is 19.6 Å². The number of benzene rings is 3. The monoisotopic (exact) mass is 817 g/mol. The van der Waals surface area contributed by atoms with Gasteiger partial charge in [0.25, 0.3) is 0 Å². The molecule has 1 aliphatic carbocycles. The minimum atomic E-state index is -0.634. The lowest BCUT2D eigenvalue weighted by atomic mass is 9.89. The summed E-state index contributed by atoms with van der Waals surface area (Å²) in [7, 11) is 7.84. The summed E-state index contributed by atoms with van der Waals surface area (Å²) in [6.07, 6.45) is 12.2. The van der Waals surface area contributed by atoms with Crippen LogP contribution in [0, 0.1) is 0 Å². The number of likely N-dealkylation sites (N-methyl/N-ethyl adjacent to an activating group) is 2. The molecule has 3 aromatic heterocycles. The molecule has 9 rings (SSSR count). The highest BCUT2D eigenvalue weighted by Gasteiger charge is 2.53. The number of nitrogens with zero attached hydrogens (tertiary/aromatic N) is 7. The number of carbonyl (C=O) groups is 2. The molecule has 3 fully saturated rings. The highest BCUT2D eigenvalue weighted by Crippen LogP contribution is 2.47. The highest BCUT2D eigenvalue weighted by molar-refractivity contribution is 5.85. The Balaban J connectivity index is 0.893. The number of rotatable bonds is 11. The quantitative estimate of drug-likeness (QED) is 0.134. The fourth-order valence-corrected chi connectivity index (χ4v) is 9.75. The van der Waals surface area contributed by atoms with Gasteiger partial charge >= 0.3 is 0 Å². The summed E-state index contributed by atoms with van der Waals surface area (Å²) in [5, 5.41) is 0. The van der Waals surface area contributed by atoms with Gasteiger partial charge in [-0.3, -0.25) is 29.3 Å². The second-order valence-corrected chi connectivity index (χ2v) is 17.2. The van der Waals surface area contributed by atoms with Crippen molar-refractivity contribution in [2.45, 2.75) is 74.8 Å². The molecule has 1 saturated carbocycles. The number of H-pyrrole nitrogens is 2. The number of hydrogen-bond donors (Lipinski definition) is 2. The molecule has 0 bridgehead atoms. The fourth-order valence-electron chi connectivity index (χ4n) is 9.75. The molecule has 1 spiro atoms. The molecule has 5 heterocycles. The first-order valence-corrected chi connectivity index (χ1v) is 21.6. The average molecular weight is 818 g/mol. The topological polar surface area (TPSA) is 127 Å². The molecule has 2 N–H and O–H groups in total. The molecule has 4 atom stereocenters. The molecule has 6 aromatic rings. The van der Waals surface area contributed by atoms with E-state index < -0.39 is 11.8 Å². The first kappa shape index (κ1) is 40.5. The van der Waals surface area contributed by atoms with Crippen LogP contribution in [0.2, 0.25) is 0 Å². The van der Waals surface area contributed by atoms with Crippen molar-refractivity contribution in [3.8, 4) is 33.8 Å². The van der Waals surface area contributed by atoms with Crippen LogP contribution < -0.4 is 0 Å². The second kappa shape index (κ2) is 17.2. The van der Waals surface area contributed by atoms with E-state index >= 15 is 0 Å². The van der Waals surface area contributed by atoms with Crippen LogP contribution in [0.25, 0.3) is 33.8 Å². The largest absolute Gasteiger partial charge is 0.353 e. The zero-order chi connectivity index (χ0) is 42.1. The maximum atomic E-state index is 14.7. The molecule has 3 aliphatic rings. The van der Waals surface area contributed by atoms with Gasteiger partial charge in [-0.25, -0.2) is 9.97 Å². The number of imidazole rings is 2. The van der Waals surface area contributed by atoms with Crippen LogP contribution in [0.3, 0.4) is 0 Å². The molecular weight excluding hydrogens is 763 g/mol. The Morgan fingerprint density at radius 3 is 1.79 bits per heavy atom. The normalized spacial score (nSPS) is 19.8. The van der Waals surface area contributed by atoms with Crippen LogP contribution >= 0.6 is 0 Å². The molecule has 12 nitrogen and oxygen atoms in total. The van der Waals surface area contributed by atoms with Gasteiger partial charge in [-0.05, 0) is 95.5 Å². The average Bonchev–Trinajstić information content (AvgIpc) is 4.12. The van der Waals surface area contributed by atoms with Crippen LogP contribution in [0.1, 0.15) is 91.9 Å². The number of nitrogens with one attached hydrogen (secondary N) is 2. The Bertz CT molecular complexity index is 2420. The van der Waals surface area contributed by atoms with Crippen LogP contribution in [0.15, 0.2) is 116 Å². The van der Waals surface area contributed by atoms with Gasteiger partial charge in [0.1, 0.15) is 35.5 Å². The van der Waals surface area contributed by atoms with E-state index in [0.717, 1.165) is 101 Å². The Hall–Kier alpha value is -5.95. The van der Waals surface area contributed by atoms with Gasteiger partial charge in [0.2, 0.25) is 11.8 Å². The molecule has 2 amide bonds. The lowest BCUT2D eigenvalue weighted by Crippen LogP contribution is -2.53. The number of pyridine rings is 1. The summed E-state index contributed by atoms with van der Waals surface area (Å²) in [4.78, 5) is 58.2. The Morgan fingerprint density at radius 2 is 1.20 bits per heavy atom. The Kier molecular flexibility index (Phi) is 11.4. The Labute approximate surface area is 358 Å². The minimum absolute atomic E-state index is 0.0355. The van der Waals surface area contributed by atoms with Crippen LogP contribution in [0.4, 0.5) is 0 Å². The summed E-state index contributed by atoms with van der Waals surface area (Å²) in [5.74, 6) is 1.66. The second-order valence-electron chi connectivity index (χ2n) is 17.2. The van der Waals surface area contributed by atoms with Crippen LogP contribution in [0.5, 0.6) is 0 Å². The minimum Gasteiger partial charge on any atom is -0.353 e. The molecule has 61 heavy (non-hydrogen) atoms. The van der Waals surface area contributed by atoms with Gasteiger partial charge in [0.05, 0.1) is 42.1 Å². The third-order valence-corrected chi connectivity index (χ3v) is 12.8. The lowest BCUT2D eigenvalue weighted by Gasteiger charge is -2.43. The maximum Gasteiger partial charge on any atom is 0.247 e. The molecule has 0 unspecified atom stereocenters. The van der Waals surface area contributed by atoms with E-state index in [1.807, 2.05) is 133 Å². The van der Waals surface area contributed by atoms with Gasteiger partial charge in [-0.15, -0.1) is 0 Å². The van der Waals surface area contributed by atoms with Crippen molar-refractivity contribution in [2.75, 3.05) is 41.3 Å². The fraction of sp³-hybridized carbons (Fsp3) is 0.367. The van der Waals surface area contributed by atoms with Crippen molar-refractivity contribution in [1.82, 2.24) is 44.5 Å². The Morgan fingerprint density at radius 1 is 0.639 bits per heavy atom. The summed E-state index contributed by atoms with van der Waals surface area (Å²) < 4.78 is 6.62. The molecule has 2 aliphatic heterocycles. The number of amides is 2. The van der Waals surface area contributed by atoms with E-state index in [2.05, 4.69) is 40.3 Å². The summed E-state index contributed by atoms with van der Waals surface area (Å²) in [6, 6.07) is 31.1. The van der Waals surface area contributed by atoms with Crippen molar-refractivity contribution in [3.63, 3.8) is 0 Å². The third kappa shape index (κ3) is 7.91.